The number of hydrazine groups is 1. The summed E-state index contributed by atoms with van der Waals surface area (Å²) in [4.78, 5) is 12.6. The lowest BCUT2D eigenvalue weighted by molar-refractivity contribution is 0.0938. The summed E-state index contributed by atoms with van der Waals surface area (Å²) >= 11 is 8.76. The summed E-state index contributed by atoms with van der Waals surface area (Å²) in [5.41, 5.74) is 10.5. The van der Waals surface area contributed by atoms with Crippen LogP contribution in [-0.4, -0.2) is 20.0 Å². The molecule has 1 heterocycles. The molecule has 25 heavy (non-hydrogen) atoms. The third kappa shape index (κ3) is 2.81. The SMILES string of the molecule is O=C(NNC(=S)S)c1nn(-c2ccccc2)c2c1Cc1ccccc1-2. The van der Waals surface area contributed by atoms with Gasteiger partial charge in [-0.3, -0.25) is 15.6 Å². The zero-order valence-electron chi connectivity index (χ0n) is 13.1. The van der Waals surface area contributed by atoms with Crippen molar-refractivity contribution in [3.8, 4) is 16.9 Å². The third-order valence-electron chi connectivity index (χ3n) is 4.12. The smallest absolute Gasteiger partial charge is 0.283 e. The molecule has 124 valence electrons. The summed E-state index contributed by atoms with van der Waals surface area (Å²) in [6, 6.07) is 17.9. The molecule has 4 rings (SSSR count). The Bertz CT molecular complexity index is 982. The molecule has 1 amide bonds. The fraction of sp³-hybridized carbons (Fsp3) is 0.0556. The molecule has 3 aromatic rings. The fourth-order valence-electron chi connectivity index (χ4n) is 3.10. The average molecular weight is 366 g/mol. The number of hydrogen-bond donors (Lipinski definition) is 3. The van der Waals surface area contributed by atoms with E-state index in [0.29, 0.717) is 12.1 Å². The number of thiocarbonyl (C=S) groups is 1. The Balaban J connectivity index is 1.85. The average Bonchev–Trinajstić information content (AvgIpc) is 3.17. The number of nitrogens with one attached hydrogen (secondary N) is 2. The second-order valence-electron chi connectivity index (χ2n) is 5.64. The molecule has 0 saturated carbocycles. The van der Waals surface area contributed by atoms with Crippen LogP contribution in [0.2, 0.25) is 0 Å². The Morgan fingerprint density at radius 2 is 1.80 bits per heavy atom. The van der Waals surface area contributed by atoms with E-state index in [9.17, 15) is 4.79 Å². The first-order valence-electron chi connectivity index (χ1n) is 7.70. The molecular formula is C18H14N4OS2. The topological polar surface area (TPSA) is 59.0 Å². The zero-order valence-corrected chi connectivity index (χ0v) is 14.8. The number of aromatic nitrogens is 2. The molecular weight excluding hydrogens is 352 g/mol. The lowest BCUT2D eigenvalue weighted by Gasteiger charge is -2.07. The molecule has 2 N–H and O–H groups in total. The summed E-state index contributed by atoms with van der Waals surface area (Å²) in [7, 11) is 0. The standard InChI is InChI=1S/C18H14N4OS2/c23-17(19-20-18(24)25)15-14-10-11-6-4-5-9-13(11)16(14)22(21-15)12-7-2-1-3-8-12/h1-9H,10H2,(H,19,23)(H2,20,24,25). The van der Waals surface area contributed by atoms with Crippen LogP contribution < -0.4 is 10.9 Å². The second kappa shape index (κ2) is 6.34. The van der Waals surface area contributed by atoms with Gasteiger partial charge in [-0.05, 0) is 17.7 Å². The van der Waals surface area contributed by atoms with Gasteiger partial charge < -0.3 is 0 Å². The number of thiol groups is 1. The quantitative estimate of drug-likeness (QED) is 0.290. The van der Waals surface area contributed by atoms with Gasteiger partial charge in [-0.15, -0.1) is 12.6 Å². The van der Waals surface area contributed by atoms with Gasteiger partial charge in [0.05, 0.1) is 11.4 Å². The highest BCUT2D eigenvalue weighted by molar-refractivity contribution is 8.11. The number of benzene rings is 2. The van der Waals surface area contributed by atoms with Crippen molar-refractivity contribution < 1.29 is 4.79 Å². The Morgan fingerprint density at radius 1 is 1.08 bits per heavy atom. The third-order valence-corrected chi connectivity index (χ3v) is 4.34. The highest BCUT2D eigenvalue weighted by Crippen LogP contribution is 2.39. The Labute approximate surface area is 155 Å². The van der Waals surface area contributed by atoms with Crippen LogP contribution in [0.4, 0.5) is 0 Å². The minimum Gasteiger partial charge on any atom is -0.283 e. The minimum atomic E-state index is -0.338. The molecule has 5 nitrogen and oxygen atoms in total. The molecule has 0 unspecified atom stereocenters. The lowest BCUT2D eigenvalue weighted by Crippen LogP contribution is -2.39. The number of carbonyl (C=O) groups is 1. The molecule has 1 aliphatic rings. The predicted molar refractivity (Wildman–Crippen MR) is 104 cm³/mol. The van der Waals surface area contributed by atoms with Crippen molar-refractivity contribution in [2.45, 2.75) is 6.42 Å². The van der Waals surface area contributed by atoms with Gasteiger partial charge >= 0.3 is 0 Å². The van der Waals surface area contributed by atoms with Gasteiger partial charge in [-0.1, -0.05) is 54.7 Å². The molecule has 0 saturated heterocycles. The first-order valence-corrected chi connectivity index (χ1v) is 8.55. The van der Waals surface area contributed by atoms with Crippen molar-refractivity contribution in [1.82, 2.24) is 20.6 Å². The summed E-state index contributed by atoms with van der Waals surface area (Å²) in [6.07, 6.45) is 0.673. The van der Waals surface area contributed by atoms with E-state index >= 15 is 0 Å². The van der Waals surface area contributed by atoms with E-state index < -0.39 is 0 Å². The van der Waals surface area contributed by atoms with E-state index in [-0.39, 0.29) is 10.2 Å². The lowest BCUT2D eigenvalue weighted by atomic mass is 10.1. The van der Waals surface area contributed by atoms with Gasteiger partial charge in [0.1, 0.15) is 4.32 Å². The van der Waals surface area contributed by atoms with Crippen LogP contribution in [0.15, 0.2) is 54.6 Å². The van der Waals surface area contributed by atoms with Crippen LogP contribution >= 0.6 is 24.8 Å². The fourth-order valence-corrected chi connectivity index (χ4v) is 3.21. The highest BCUT2D eigenvalue weighted by Gasteiger charge is 2.30. The number of rotatable bonds is 2. The van der Waals surface area contributed by atoms with Gasteiger partial charge in [0, 0.05) is 17.5 Å². The largest absolute Gasteiger partial charge is 0.290 e. The number of carbonyl (C=O) groups excluding carboxylic acids is 1. The number of para-hydroxylation sites is 1. The van der Waals surface area contributed by atoms with Crippen molar-refractivity contribution in [3.63, 3.8) is 0 Å². The number of nitrogens with zero attached hydrogens (tertiary/aromatic N) is 2. The zero-order chi connectivity index (χ0) is 17.4. The van der Waals surface area contributed by atoms with Gasteiger partial charge in [-0.2, -0.15) is 5.10 Å². The van der Waals surface area contributed by atoms with Crippen molar-refractivity contribution in [2.75, 3.05) is 0 Å². The van der Waals surface area contributed by atoms with Crippen molar-refractivity contribution in [3.05, 3.63) is 71.4 Å². The van der Waals surface area contributed by atoms with Gasteiger partial charge in [0.15, 0.2) is 5.69 Å². The van der Waals surface area contributed by atoms with E-state index in [1.807, 2.05) is 47.1 Å². The molecule has 0 atom stereocenters. The van der Waals surface area contributed by atoms with Gasteiger partial charge in [0.2, 0.25) is 0 Å². The minimum absolute atomic E-state index is 0.191. The van der Waals surface area contributed by atoms with Crippen molar-refractivity contribution in [1.29, 1.82) is 0 Å². The molecule has 0 radical (unpaired) electrons. The van der Waals surface area contributed by atoms with Crippen molar-refractivity contribution in [2.24, 2.45) is 0 Å². The molecule has 1 aromatic heterocycles. The van der Waals surface area contributed by atoms with Crippen molar-refractivity contribution >= 4 is 35.1 Å². The highest BCUT2D eigenvalue weighted by atomic mass is 32.1. The molecule has 1 aliphatic carbocycles. The van der Waals surface area contributed by atoms with Crippen LogP contribution in [0.5, 0.6) is 0 Å². The monoisotopic (exact) mass is 366 g/mol. The molecule has 0 bridgehead atoms. The van der Waals surface area contributed by atoms with Crippen LogP contribution in [0.3, 0.4) is 0 Å². The number of amides is 1. The Hall–Kier alpha value is -2.64. The summed E-state index contributed by atoms with van der Waals surface area (Å²) in [5.74, 6) is -0.338. The second-order valence-corrected chi connectivity index (χ2v) is 6.80. The van der Waals surface area contributed by atoms with Crippen LogP contribution in [0.1, 0.15) is 21.6 Å². The normalized spacial score (nSPS) is 11.6. The van der Waals surface area contributed by atoms with Gasteiger partial charge in [-0.25, -0.2) is 4.68 Å². The molecule has 0 aliphatic heterocycles. The van der Waals surface area contributed by atoms with E-state index in [1.165, 1.54) is 5.56 Å². The van der Waals surface area contributed by atoms with E-state index in [2.05, 4.69) is 40.7 Å². The maximum Gasteiger partial charge on any atom is 0.290 e. The summed E-state index contributed by atoms with van der Waals surface area (Å²) in [6.45, 7) is 0. The first-order chi connectivity index (χ1) is 12.1. The van der Waals surface area contributed by atoms with E-state index in [4.69, 9.17) is 12.2 Å². The molecule has 0 fully saturated rings. The van der Waals surface area contributed by atoms with E-state index in [1.54, 1.807) is 0 Å². The predicted octanol–water partition coefficient (Wildman–Crippen LogP) is 2.89. The summed E-state index contributed by atoms with van der Waals surface area (Å²) in [5, 5.41) is 4.58. The Kier molecular flexibility index (Phi) is 4.03. The molecule has 7 heteroatoms. The molecule has 0 spiro atoms. The summed E-state index contributed by atoms with van der Waals surface area (Å²) < 4.78 is 2.02. The Morgan fingerprint density at radius 3 is 2.56 bits per heavy atom. The van der Waals surface area contributed by atoms with E-state index in [0.717, 1.165) is 22.5 Å². The number of hydrogen-bond acceptors (Lipinski definition) is 3. The maximum absolute atomic E-state index is 12.6. The van der Waals surface area contributed by atoms with Gasteiger partial charge in [0.25, 0.3) is 5.91 Å². The first kappa shape index (κ1) is 15.9. The van der Waals surface area contributed by atoms with Crippen LogP contribution in [-0.2, 0) is 6.42 Å². The maximum atomic E-state index is 12.6. The molecule has 2 aromatic carbocycles. The van der Waals surface area contributed by atoms with Crippen LogP contribution in [0.25, 0.3) is 16.9 Å². The van der Waals surface area contributed by atoms with Crippen LogP contribution in [0, 0.1) is 0 Å². The number of fused-ring (bicyclic) bond motifs is 3.